The van der Waals surface area contributed by atoms with Gasteiger partial charge in [-0.1, -0.05) is 0 Å². The molecule has 11 heavy (non-hydrogen) atoms. The molecule has 0 radical (unpaired) electrons. The summed E-state index contributed by atoms with van der Waals surface area (Å²) in [7, 11) is 0. The number of H-pyrrole nitrogens is 1. The van der Waals surface area contributed by atoms with Crippen molar-refractivity contribution >= 4 is 11.9 Å². The molecule has 0 aliphatic carbocycles. The number of aromatic carboxylic acids is 2. The van der Waals surface area contributed by atoms with E-state index < -0.39 is 11.9 Å². The second kappa shape index (κ2) is 2.45. The van der Waals surface area contributed by atoms with Crippen molar-refractivity contribution in [3.8, 4) is 0 Å². The van der Waals surface area contributed by atoms with Gasteiger partial charge in [0.1, 0.15) is 5.69 Å². The van der Waals surface area contributed by atoms with Crippen molar-refractivity contribution in [1.82, 2.24) is 4.98 Å². The van der Waals surface area contributed by atoms with Gasteiger partial charge in [-0.15, -0.1) is 0 Å². The van der Waals surface area contributed by atoms with Crippen molar-refractivity contribution < 1.29 is 19.8 Å². The fourth-order valence-corrected chi connectivity index (χ4v) is 0.639. The molecule has 0 aliphatic rings. The van der Waals surface area contributed by atoms with Crippen LogP contribution in [0.5, 0.6) is 0 Å². The second-order valence-electron chi connectivity index (χ2n) is 1.88. The Labute approximate surface area is 61.3 Å². The van der Waals surface area contributed by atoms with Crippen LogP contribution < -0.4 is 5.11 Å². The Kier molecular flexibility index (Phi) is 1.63. The van der Waals surface area contributed by atoms with E-state index in [4.69, 9.17) is 5.11 Å². The van der Waals surface area contributed by atoms with Gasteiger partial charge in [-0.25, -0.2) is 4.79 Å². The van der Waals surface area contributed by atoms with E-state index >= 15 is 0 Å². The molecule has 0 bridgehead atoms. The summed E-state index contributed by atoms with van der Waals surface area (Å²) in [6.07, 6.45) is 0. The van der Waals surface area contributed by atoms with E-state index in [1.54, 1.807) is 0 Å². The molecule has 1 aromatic heterocycles. The summed E-state index contributed by atoms with van der Waals surface area (Å²) in [6.45, 7) is 0. The summed E-state index contributed by atoms with van der Waals surface area (Å²) < 4.78 is 0. The first-order valence-electron chi connectivity index (χ1n) is 2.75. The van der Waals surface area contributed by atoms with Crippen molar-refractivity contribution in [3.63, 3.8) is 0 Å². The molecule has 0 saturated carbocycles. The first-order valence-corrected chi connectivity index (χ1v) is 2.75. The summed E-state index contributed by atoms with van der Waals surface area (Å²) in [6, 6.07) is 2.30. The average molecular weight is 154 g/mol. The number of rotatable bonds is 2. The minimum absolute atomic E-state index is 0.163. The van der Waals surface area contributed by atoms with Crippen molar-refractivity contribution in [2.45, 2.75) is 0 Å². The molecule has 0 saturated heterocycles. The Morgan fingerprint density at radius 1 is 1.36 bits per heavy atom. The number of carboxylic acids is 2. The predicted molar refractivity (Wildman–Crippen MR) is 32.1 cm³/mol. The summed E-state index contributed by atoms with van der Waals surface area (Å²) in [5.41, 5.74) is -0.397. The van der Waals surface area contributed by atoms with Gasteiger partial charge in [0.15, 0.2) is 0 Å². The van der Waals surface area contributed by atoms with Crippen LogP contribution in [-0.4, -0.2) is 22.0 Å². The highest BCUT2D eigenvalue weighted by atomic mass is 16.4. The third-order valence-electron chi connectivity index (χ3n) is 1.14. The van der Waals surface area contributed by atoms with Gasteiger partial charge < -0.3 is 20.0 Å². The zero-order chi connectivity index (χ0) is 8.43. The lowest BCUT2D eigenvalue weighted by Gasteiger charge is -1.94. The Hall–Kier alpha value is -1.78. The number of hydrogen-bond donors (Lipinski definition) is 2. The van der Waals surface area contributed by atoms with Crippen molar-refractivity contribution in [2.75, 3.05) is 0 Å². The van der Waals surface area contributed by atoms with Gasteiger partial charge in [0.05, 0.1) is 11.7 Å². The van der Waals surface area contributed by atoms with Gasteiger partial charge in [-0.3, -0.25) is 0 Å². The Bertz CT molecular complexity index is 273. The lowest BCUT2D eigenvalue weighted by Crippen LogP contribution is -2.22. The molecule has 0 aromatic carbocycles. The lowest BCUT2D eigenvalue weighted by atomic mass is 10.4. The molecule has 58 valence electrons. The number of hydrogen-bond acceptors (Lipinski definition) is 3. The summed E-state index contributed by atoms with van der Waals surface area (Å²) in [4.78, 5) is 22.4. The Balaban J connectivity index is 2.99. The molecule has 0 spiro atoms. The Morgan fingerprint density at radius 2 is 1.91 bits per heavy atom. The minimum Gasteiger partial charge on any atom is -0.543 e. The third kappa shape index (κ3) is 1.37. The summed E-state index contributed by atoms with van der Waals surface area (Å²) in [5, 5.41) is 18.4. The average Bonchev–Trinajstić information content (AvgIpc) is 2.33. The molecule has 5 heteroatoms. The molecule has 0 unspecified atom stereocenters. The normalized spacial score (nSPS) is 9.45. The van der Waals surface area contributed by atoms with Crippen LogP contribution in [0.15, 0.2) is 12.1 Å². The lowest BCUT2D eigenvalue weighted by molar-refractivity contribution is -0.255. The highest BCUT2D eigenvalue weighted by molar-refractivity contribution is 5.90. The topological polar surface area (TPSA) is 93.2 Å². The predicted octanol–water partition coefficient (Wildman–Crippen LogP) is -0.924. The van der Waals surface area contributed by atoms with Crippen molar-refractivity contribution in [2.24, 2.45) is 0 Å². The molecule has 0 atom stereocenters. The van der Waals surface area contributed by atoms with Gasteiger partial charge in [0.2, 0.25) is 0 Å². The zero-order valence-electron chi connectivity index (χ0n) is 5.33. The molecule has 1 heterocycles. The van der Waals surface area contributed by atoms with Crippen LogP contribution in [0.3, 0.4) is 0 Å². The fraction of sp³-hybridized carbons (Fsp3) is 0. The van der Waals surface area contributed by atoms with E-state index in [1.165, 1.54) is 0 Å². The van der Waals surface area contributed by atoms with Gasteiger partial charge in [0.25, 0.3) is 0 Å². The molecule has 2 N–H and O–H groups in total. The SMILES string of the molecule is O=C([O-])c1ccc(C(=O)O)[nH]1. The number of nitrogens with one attached hydrogen (secondary N) is 1. The van der Waals surface area contributed by atoms with Crippen molar-refractivity contribution in [1.29, 1.82) is 0 Å². The standard InChI is InChI=1S/C6H5NO4/c8-5(9)3-1-2-4(7-3)6(10)11/h1-2,7H,(H,8,9)(H,10,11)/p-1. The summed E-state index contributed by atoms with van der Waals surface area (Å²) >= 11 is 0. The van der Waals surface area contributed by atoms with E-state index in [2.05, 4.69) is 4.98 Å². The van der Waals surface area contributed by atoms with Crippen LogP contribution in [0.2, 0.25) is 0 Å². The molecule has 0 fully saturated rings. The first kappa shape index (κ1) is 7.33. The van der Waals surface area contributed by atoms with E-state index in [0.717, 1.165) is 12.1 Å². The maximum atomic E-state index is 10.2. The number of aromatic nitrogens is 1. The monoisotopic (exact) mass is 154 g/mol. The van der Waals surface area contributed by atoms with Crippen LogP contribution in [0.1, 0.15) is 21.0 Å². The highest BCUT2D eigenvalue weighted by Gasteiger charge is 2.04. The molecular weight excluding hydrogens is 150 g/mol. The molecule has 0 aliphatic heterocycles. The Morgan fingerprint density at radius 3 is 2.18 bits per heavy atom. The van der Waals surface area contributed by atoms with Crippen LogP contribution >= 0.6 is 0 Å². The van der Waals surface area contributed by atoms with Crippen molar-refractivity contribution in [3.05, 3.63) is 23.5 Å². The number of aromatic amines is 1. The van der Waals surface area contributed by atoms with Crippen LogP contribution in [0.4, 0.5) is 0 Å². The first-order chi connectivity index (χ1) is 5.11. The molecule has 0 amide bonds. The zero-order valence-corrected chi connectivity index (χ0v) is 5.33. The van der Waals surface area contributed by atoms with Gasteiger partial charge in [-0.2, -0.15) is 0 Å². The third-order valence-corrected chi connectivity index (χ3v) is 1.14. The molecule has 1 aromatic rings. The molecule has 5 nitrogen and oxygen atoms in total. The second-order valence-corrected chi connectivity index (χ2v) is 1.88. The number of carboxylic acid groups (broad SMARTS) is 2. The highest BCUT2D eigenvalue weighted by Crippen LogP contribution is 1.99. The van der Waals surface area contributed by atoms with Crippen LogP contribution in [-0.2, 0) is 0 Å². The largest absolute Gasteiger partial charge is 0.543 e. The van der Waals surface area contributed by atoms with Crippen LogP contribution in [0, 0.1) is 0 Å². The molecular formula is C6H4NO4-. The number of carbonyl (C=O) groups excluding carboxylic acids is 1. The summed E-state index contributed by atoms with van der Waals surface area (Å²) in [5.74, 6) is -2.62. The quantitative estimate of drug-likeness (QED) is 0.575. The van der Waals surface area contributed by atoms with E-state index in [-0.39, 0.29) is 11.4 Å². The van der Waals surface area contributed by atoms with Gasteiger partial charge in [0, 0.05) is 0 Å². The minimum atomic E-state index is -1.42. The molecule has 1 rings (SSSR count). The van der Waals surface area contributed by atoms with Gasteiger partial charge in [-0.05, 0) is 12.1 Å². The smallest absolute Gasteiger partial charge is 0.352 e. The van der Waals surface area contributed by atoms with Gasteiger partial charge >= 0.3 is 5.97 Å². The number of carbonyl (C=O) groups is 2. The maximum absolute atomic E-state index is 10.2. The maximum Gasteiger partial charge on any atom is 0.352 e. The van der Waals surface area contributed by atoms with Crippen LogP contribution in [0.25, 0.3) is 0 Å². The van der Waals surface area contributed by atoms with E-state index in [9.17, 15) is 14.7 Å². The van der Waals surface area contributed by atoms with E-state index in [0.29, 0.717) is 0 Å². The van der Waals surface area contributed by atoms with E-state index in [1.807, 2.05) is 0 Å². The fourth-order valence-electron chi connectivity index (χ4n) is 0.639.